The maximum atomic E-state index is 12.3. The molecule has 2 aliphatic carbocycles. The van der Waals surface area contributed by atoms with E-state index in [2.05, 4.69) is 51.5 Å². The minimum Gasteiger partial charge on any atom is -0.428 e. The Hall–Kier alpha value is -2.30. The first kappa shape index (κ1) is 28.9. The lowest BCUT2D eigenvalue weighted by atomic mass is 9.61. The molecule has 0 aromatic heterocycles. The molecule has 8 nitrogen and oxygen atoms in total. The maximum Gasteiger partial charge on any atom is 0.308 e. The van der Waals surface area contributed by atoms with Gasteiger partial charge in [-0.2, -0.15) is 0 Å². The Bertz CT molecular complexity index is 801. The molecule has 2 saturated carbocycles. The Morgan fingerprint density at radius 3 is 1.43 bits per heavy atom. The van der Waals surface area contributed by atoms with Crippen molar-refractivity contribution >= 4 is 24.1 Å². The van der Waals surface area contributed by atoms with Crippen molar-refractivity contribution in [1.29, 1.82) is 0 Å². The van der Waals surface area contributed by atoms with Crippen molar-refractivity contribution in [3.63, 3.8) is 0 Å². The van der Waals surface area contributed by atoms with Crippen LogP contribution in [-0.4, -0.2) is 43.0 Å². The summed E-state index contributed by atoms with van der Waals surface area (Å²) < 4.78 is 10.3. The van der Waals surface area contributed by atoms with Crippen LogP contribution in [0.4, 0.5) is 0 Å². The molecule has 0 amide bonds. The topological polar surface area (TPSA) is 111 Å². The van der Waals surface area contributed by atoms with E-state index in [9.17, 15) is 19.2 Å². The molecule has 2 rings (SSSR count). The van der Waals surface area contributed by atoms with Crippen LogP contribution in [0.5, 0.6) is 0 Å². The van der Waals surface area contributed by atoms with E-state index in [0.29, 0.717) is 12.8 Å². The average molecular weight is 491 g/mol. The van der Waals surface area contributed by atoms with Crippen molar-refractivity contribution in [3.8, 4) is 0 Å². The summed E-state index contributed by atoms with van der Waals surface area (Å²) in [7, 11) is 0. The first-order chi connectivity index (χ1) is 16.2. The predicted octanol–water partition coefficient (Wildman–Crippen LogP) is 5.43. The highest BCUT2D eigenvalue weighted by Crippen LogP contribution is 2.50. The van der Waals surface area contributed by atoms with Crippen molar-refractivity contribution in [1.82, 2.24) is 0 Å². The highest BCUT2D eigenvalue weighted by atomic mass is 16.7. The summed E-state index contributed by atoms with van der Waals surface area (Å²) in [5.41, 5.74) is -0.197. The van der Waals surface area contributed by atoms with Crippen LogP contribution in [0.2, 0.25) is 0 Å². The highest BCUT2D eigenvalue weighted by Gasteiger charge is 2.42. The molecule has 0 aromatic rings. The van der Waals surface area contributed by atoms with Gasteiger partial charge in [0.05, 0.1) is 12.1 Å². The molecule has 2 aliphatic rings. The lowest BCUT2D eigenvalue weighted by Crippen LogP contribution is -2.38. The van der Waals surface area contributed by atoms with E-state index in [4.69, 9.17) is 9.47 Å². The van der Waals surface area contributed by atoms with Crippen LogP contribution in [0.15, 0.2) is 9.98 Å². The van der Waals surface area contributed by atoms with E-state index >= 15 is 0 Å². The first-order valence-corrected chi connectivity index (χ1v) is 12.6. The van der Waals surface area contributed by atoms with Crippen LogP contribution in [0, 0.1) is 21.7 Å². The standard InChI is InChI=1S/C27H42N2O6/c1-24(2)11-20(28-17-30)13-26(5,15-24)9-7-22(32)34-19-35-23(33)8-10-27(6)14-21(29-18-31)12-25(3,4)16-27/h20-21H,7-16,19H2,1-6H3. The molecule has 4 unspecified atom stereocenters. The van der Waals surface area contributed by atoms with Crippen molar-refractivity contribution in [2.24, 2.45) is 31.6 Å². The third kappa shape index (κ3) is 9.70. The van der Waals surface area contributed by atoms with E-state index in [0.717, 1.165) is 38.5 Å². The number of isocyanates is 2. The second kappa shape index (κ2) is 11.6. The van der Waals surface area contributed by atoms with Gasteiger partial charge in [-0.25, -0.2) is 19.6 Å². The second-order valence-electron chi connectivity index (χ2n) is 13.0. The van der Waals surface area contributed by atoms with Crippen LogP contribution >= 0.6 is 0 Å². The van der Waals surface area contributed by atoms with E-state index in [-0.39, 0.29) is 46.6 Å². The summed E-state index contributed by atoms with van der Waals surface area (Å²) in [6.07, 6.45) is 10.0. The molecule has 0 radical (unpaired) electrons. The number of esters is 2. The van der Waals surface area contributed by atoms with Gasteiger partial charge in [-0.05, 0) is 73.0 Å². The molecular weight excluding hydrogens is 448 g/mol. The van der Waals surface area contributed by atoms with Gasteiger partial charge in [0.1, 0.15) is 0 Å². The van der Waals surface area contributed by atoms with Crippen LogP contribution in [0.1, 0.15) is 106 Å². The molecule has 196 valence electrons. The smallest absolute Gasteiger partial charge is 0.308 e. The van der Waals surface area contributed by atoms with Crippen LogP contribution in [0.3, 0.4) is 0 Å². The Morgan fingerprint density at radius 2 is 1.09 bits per heavy atom. The van der Waals surface area contributed by atoms with Gasteiger partial charge in [0.15, 0.2) is 0 Å². The molecule has 4 atom stereocenters. The molecule has 0 N–H and O–H groups in total. The number of hydrogen-bond acceptors (Lipinski definition) is 8. The second-order valence-corrected chi connectivity index (χ2v) is 13.0. The molecule has 0 saturated heterocycles. The van der Waals surface area contributed by atoms with Gasteiger partial charge in [-0.3, -0.25) is 9.59 Å². The lowest BCUT2D eigenvalue weighted by Gasteiger charge is -2.45. The Kier molecular flexibility index (Phi) is 9.61. The minimum atomic E-state index is -0.409. The zero-order chi connectivity index (χ0) is 26.3. The number of rotatable bonds is 10. The number of carbonyl (C=O) groups is 2. The molecule has 0 heterocycles. The summed E-state index contributed by atoms with van der Waals surface area (Å²) in [6.45, 7) is 12.5. The Morgan fingerprint density at radius 1 is 0.714 bits per heavy atom. The van der Waals surface area contributed by atoms with Gasteiger partial charge < -0.3 is 9.47 Å². The minimum absolute atomic E-state index is 0.0290. The third-order valence-electron chi connectivity index (χ3n) is 7.62. The fourth-order valence-electron chi connectivity index (χ4n) is 6.98. The number of hydrogen-bond donors (Lipinski definition) is 0. The summed E-state index contributed by atoms with van der Waals surface area (Å²) in [5.74, 6) is -0.818. The van der Waals surface area contributed by atoms with Crippen molar-refractivity contribution in [2.75, 3.05) is 6.79 Å². The van der Waals surface area contributed by atoms with E-state index in [1.54, 1.807) is 12.2 Å². The van der Waals surface area contributed by atoms with Crippen molar-refractivity contribution in [3.05, 3.63) is 0 Å². The monoisotopic (exact) mass is 490 g/mol. The van der Waals surface area contributed by atoms with Crippen molar-refractivity contribution < 1.29 is 28.7 Å². The predicted molar refractivity (Wildman–Crippen MR) is 131 cm³/mol. The maximum absolute atomic E-state index is 12.3. The first-order valence-electron chi connectivity index (χ1n) is 12.6. The number of carbonyl (C=O) groups excluding carboxylic acids is 4. The van der Waals surface area contributed by atoms with Crippen LogP contribution in [-0.2, 0) is 28.7 Å². The summed E-state index contributed by atoms with van der Waals surface area (Å²) in [5, 5.41) is 0. The van der Waals surface area contributed by atoms with Gasteiger partial charge in [-0.1, -0.05) is 41.5 Å². The number of aliphatic imine (C=N–C) groups is 2. The largest absolute Gasteiger partial charge is 0.428 e. The van der Waals surface area contributed by atoms with Crippen molar-refractivity contribution in [2.45, 2.75) is 118 Å². The fourth-order valence-corrected chi connectivity index (χ4v) is 6.98. The SMILES string of the molecule is CC1(C)CC(N=C=O)CC(C)(CCC(=O)OCOC(=O)CCC2(C)CC(N=C=O)CC(C)(C)C2)C1. The zero-order valence-corrected chi connectivity index (χ0v) is 22.3. The zero-order valence-electron chi connectivity index (χ0n) is 22.3. The molecular formula is C27H42N2O6. The van der Waals surface area contributed by atoms with Gasteiger partial charge in [0, 0.05) is 12.8 Å². The van der Waals surface area contributed by atoms with E-state index in [1.807, 2.05) is 0 Å². The highest BCUT2D eigenvalue weighted by molar-refractivity contribution is 5.71. The summed E-state index contributed by atoms with van der Waals surface area (Å²) in [6, 6.07) is -0.148. The van der Waals surface area contributed by atoms with Gasteiger partial charge in [0.2, 0.25) is 19.0 Å². The normalized spacial score (nSPS) is 31.4. The molecule has 0 spiro atoms. The number of ether oxygens (including phenoxy) is 2. The quantitative estimate of drug-likeness (QED) is 0.175. The van der Waals surface area contributed by atoms with E-state index in [1.165, 1.54) is 0 Å². The molecule has 0 bridgehead atoms. The molecule has 8 heteroatoms. The van der Waals surface area contributed by atoms with Crippen LogP contribution in [0.25, 0.3) is 0 Å². The van der Waals surface area contributed by atoms with E-state index < -0.39 is 18.7 Å². The molecule has 2 fully saturated rings. The van der Waals surface area contributed by atoms with Gasteiger partial charge >= 0.3 is 11.9 Å². The third-order valence-corrected chi connectivity index (χ3v) is 7.62. The average Bonchev–Trinajstić information content (AvgIpc) is 2.68. The van der Waals surface area contributed by atoms with Gasteiger partial charge in [-0.15, -0.1) is 0 Å². The van der Waals surface area contributed by atoms with Gasteiger partial charge in [0.25, 0.3) is 0 Å². The Labute approximate surface area is 209 Å². The summed E-state index contributed by atoms with van der Waals surface area (Å²) in [4.78, 5) is 53.9. The fraction of sp³-hybridized carbons (Fsp3) is 0.852. The lowest BCUT2D eigenvalue weighted by molar-refractivity contribution is -0.168. The Balaban J connectivity index is 1.74. The summed E-state index contributed by atoms with van der Waals surface area (Å²) >= 11 is 0. The van der Waals surface area contributed by atoms with Crippen LogP contribution < -0.4 is 0 Å². The molecule has 0 aromatic carbocycles. The molecule has 0 aliphatic heterocycles. The number of nitrogens with zero attached hydrogens (tertiary/aromatic N) is 2. The molecule has 35 heavy (non-hydrogen) atoms.